The van der Waals surface area contributed by atoms with E-state index in [1.807, 2.05) is 0 Å². The molecule has 2 N–H and O–H groups in total. The number of rotatable bonds is 3. The first-order chi connectivity index (χ1) is 16.1. The Morgan fingerprint density at radius 3 is 2.38 bits per heavy atom. The molecule has 1 aliphatic heterocycles. The van der Waals surface area contributed by atoms with Crippen LogP contribution >= 0.6 is 0 Å². The van der Waals surface area contributed by atoms with Gasteiger partial charge >= 0.3 is 6.09 Å². The van der Waals surface area contributed by atoms with Crippen molar-refractivity contribution in [1.82, 2.24) is 4.90 Å². The first-order valence-electron chi connectivity index (χ1n) is 10.7. The largest absolute Gasteiger partial charge is 0.493 e. The van der Waals surface area contributed by atoms with E-state index < -0.39 is 28.9 Å². The van der Waals surface area contributed by atoms with Gasteiger partial charge in [-0.25, -0.2) is 4.79 Å². The maximum absolute atomic E-state index is 12.9. The Labute approximate surface area is 199 Å². The second kappa shape index (κ2) is 9.00. The fourth-order valence-corrected chi connectivity index (χ4v) is 4.66. The van der Waals surface area contributed by atoms with Crippen LogP contribution in [0.3, 0.4) is 0 Å². The van der Waals surface area contributed by atoms with Gasteiger partial charge in [0.05, 0.1) is 37.6 Å². The number of fused-ring (bicyclic) bond motifs is 1. The molecular weight excluding hydrogens is 434 g/mol. The smallest absolute Gasteiger partial charge is 0.410 e. The molecule has 3 rings (SSSR count). The minimum absolute atomic E-state index is 0.0926. The summed E-state index contributed by atoms with van der Waals surface area (Å²) >= 11 is 0. The van der Waals surface area contributed by atoms with Gasteiger partial charge < -0.3 is 24.8 Å². The Morgan fingerprint density at radius 1 is 1.18 bits per heavy atom. The molecule has 0 saturated carbocycles. The highest BCUT2D eigenvalue weighted by atomic mass is 16.6. The summed E-state index contributed by atoms with van der Waals surface area (Å²) < 4.78 is 16.6. The van der Waals surface area contributed by atoms with Gasteiger partial charge in [0, 0.05) is 30.5 Å². The van der Waals surface area contributed by atoms with Gasteiger partial charge in [0.25, 0.3) is 0 Å². The van der Waals surface area contributed by atoms with Crippen molar-refractivity contribution in [1.29, 1.82) is 15.8 Å². The average molecular weight is 462 g/mol. The first kappa shape index (κ1) is 24.5. The van der Waals surface area contributed by atoms with E-state index in [0.29, 0.717) is 22.6 Å². The highest BCUT2D eigenvalue weighted by Gasteiger charge is 2.55. The van der Waals surface area contributed by atoms with Crippen molar-refractivity contribution in [3.8, 4) is 29.7 Å². The maximum atomic E-state index is 12.9. The fourth-order valence-electron chi connectivity index (χ4n) is 4.66. The van der Waals surface area contributed by atoms with Crippen LogP contribution in [-0.2, 0) is 4.74 Å². The van der Waals surface area contributed by atoms with Gasteiger partial charge in [-0.05, 0) is 32.4 Å². The van der Waals surface area contributed by atoms with Crippen molar-refractivity contribution in [2.45, 2.75) is 32.3 Å². The summed E-state index contributed by atoms with van der Waals surface area (Å²) in [6, 6.07) is 11.4. The van der Waals surface area contributed by atoms with Crippen molar-refractivity contribution in [3.05, 3.63) is 46.7 Å². The van der Waals surface area contributed by atoms with Crippen LogP contribution in [0.1, 0.15) is 32.3 Å². The van der Waals surface area contributed by atoms with Crippen molar-refractivity contribution in [2.75, 3.05) is 27.3 Å². The quantitative estimate of drug-likeness (QED) is 0.721. The molecular formula is C25H27N5O4. The van der Waals surface area contributed by atoms with Gasteiger partial charge in [0.15, 0.2) is 16.9 Å². The monoisotopic (exact) mass is 461 g/mol. The summed E-state index contributed by atoms with van der Waals surface area (Å²) in [5.74, 6) is -0.666. The summed E-state index contributed by atoms with van der Waals surface area (Å²) in [4.78, 5) is 14.4. The second-order valence-electron chi connectivity index (χ2n) is 9.14. The fraction of sp³-hybridized carbons (Fsp3) is 0.440. The molecule has 0 bridgehead atoms. The molecule has 2 atom stereocenters. The van der Waals surface area contributed by atoms with E-state index in [2.05, 4.69) is 18.2 Å². The van der Waals surface area contributed by atoms with E-state index in [1.165, 1.54) is 19.1 Å². The lowest BCUT2D eigenvalue weighted by Crippen LogP contribution is -2.50. The summed E-state index contributed by atoms with van der Waals surface area (Å²) in [6.07, 6.45) is 1.21. The minimum Gasteiger partial charge on any atom is -0.493 e. The van der Waals surface area contributed by atoms with Crippen LogP contribution in [0.15, 0.2) is 41.1 Å². The number of ether oxygens (including phenoxy) is 3. The van der Waals surface area contributed by atoms with Crippen LogP contribution in [0.5, 0.6) is 11.5 Å². The van der Waals surface area contributed by atoms with Crippen molar-refractivity contribution >= 4 is 6.09 Å². The Hall–Kier alpha value is -4.16. The number of allylic oxidation sites excluding steroid dienone is 2. The SMILES string of the molecule is COc1cccc(C2C3CN(C(=O)OC(C)(C)C)CC=C3C(C#N)=C(N)C2(C#N)C#N)c1OC. The van der Waals surface area contributed by atoms with Gasteiger partial charge in [-0.15, -0.1) is 0 Å². The van der Waals surface area contributed by atoms with Gasteiger partial charge in [-0.1, -0.05) is 18.2 Å². The molecule has 2 unspecified atom stereocenters. The first-order valence-corrected chi connectivity index (χ1v) is 10.7. The number of nitrogens with zero attached hydrogens (tertiary/aromatic N) is 4. The molecule has 0 aromatic heterocycles. The zero-order valence-electron chi connectivity index (χ0n) is 19.9. The molecule has 0 spiro atoms. The average Bonchev–Trinajstić information content (AvgIpc) is 2.81. The van der Waals surface area contributed by atoms with Crippen molar-refractivity contribution in [3.63, 3.8) is 0 Å². The van der Waals surface area contributed by atoms with Crippen LogP contribution in [0.2, 0.25) is 0 Å². The number of carbonyl (C=O) groups is 1. The number of hydrogen-bond donors (Lipinski definition) is 1. The van der Waals surface area contributed by atoms with Crippen LogP contribution in [-0.4, -0.2) is 43.9 Å². The standard InChI is InChI=1S/C25H27N5O4/c1-24(2,3)34-23(31)30-10-9-15-17(11-26)22(29)25(13-27,14-28)20(18(15)12-30)16-7-6-8-19(32-4)21(16)33-5/h6-9,18,20H,10,12,29H2,1-5H3. The van der Waals surface area contributed by atoms with E-state index in [0.717, 1.165) is 0 Å². The molecule has 0 fully saturated rings. The number of methoxy groups -OCH3 is 2. The molecule has 0 saturated heterocycles. The Bertz CT molecular complexity index is 1180. The Morgan fingerprint density at radius 2 is 1.85 bits per heavy atom. The van der Waals surface area contributed by atoms with Gasteiger partial charge in [-0.3, -0.25) is 0 Å². The number of benzene rings is 1. The highest BCUT2D eigenvalue weighted by molar-refractivity contribution is 5.70. The molecule has 2 aliphatic rings. The minimum atomic E-state index is -1.87. The lowest BCUT2D eigenvalue weighted by atomic mass is 9.58. The predicted molar refractivity (Wildman–Crippen MR) is 122 cm³/mol. The lowest BCUT2D eigenvalue weighted by Gasteiger charge is -2.45. The lowest BCUT2D eigenvalue weighted by molar-refractivity contribution is 0.0224. The molecule has 34 heavy (non-hydrogen) atoms. The molecule has 1 aliphatic carbocycles. The van der Waals surface area contributed by atoms with E-state index in [4.69, 9.17) is 19.9 Å². The Balaban J connectivity index is 2.28. The van der Waals surface area contributed by atoms with E-state index in [-0.39, 0.29) is 24.4 Å². The molecule has 9 nitrogen and oxygen atoms in total. The van der Waals surface area contributed by atoms with Crippen LogP contribution in [0.4, 0.5) is 4.79 Å². The molecule has 176 valence electrons. The topological polar surface area (TPSA) is 145 Å². The number of amides is 1. The van der Waals surface area contributed by atoms with Crippen LogP contribution in [0.25, 0.3) is 0 Å². The summed E-state index contributed by atoms with van der Waals surface area (Å²) in [7, 11) is 2.96. The number of para-hydroxylation sites is 1. The third-order valence-corrected chi connectivity index (χ3v) is 6.08. The Kier molecular flexibility index (Phi) is 6.48. The number of carbonyl (C=O) groups excluding carboxylic acids is 1. The number of nitrogens with two attached hydrogens (primary N) is 1. The van der Waals surface area contributed by atoms with E-state index in [9.17, 15) is 20.6 Å². The maximum Gasteiger partial charge on any atom is 0.410 e. The number of hydrogen-bond acceptors (Lipinski definition) is 8. The third-order valence-electron chi connectivity index (χ3n) is 6.08. The molecule has 1 amide bonds. The van der Waals surface area contributed by atoms with Gasteiger partial charge in [0.1, 0.15) is 11.7 Å². The second-order valence-corrected chi connectivity index (χ2v) is 9.14. The molecule has 1 heterocycles. The molecule has 1 aromatic rings. The summed E-state index contributed by atoms with van der Waals surface area (Å²) in [5, 5.41) is 30.4. The predicted octanol–water partition coefficient (Wildman–Crippen LogP) is 3.36. The zero-order chi connectivity index (χ0) is 25.3. The van der Waals surface area contributed by atoms with Gasteiger partial charge in [-0.2, -0.15) is 15.8 Å². The van der Waals surface area contributed by atoms with Crippen molar-refractivity contribution in [2.24, 2.45) is 17.1 Å². The number of nitriles is 3. The summed E-state index contributed by atoms with van der Waals surface area (Å²) in [6.45, 7) is 5.64. The zero-order valence-corrected chi connectivity index (χ0v) is 19.9. The highest BCUT2D eigenvalue weighted by Crippen LogP contribution is 2.56. The van der Waals surface area contributed by atoms with E-state index in [1.54, 1.807) is 45.0 Å². The van der Waals surface area contributed by atoms with Crippen LogP contribution < -0.4 is 15.2 Å². The summed E-state index contributed by atoms with van der Waals surface area (Å²) in [5.41, 5.74) is 4.88. The third kappa shape index (κ3) is 3.89. The van der Waals surface area contributed by atoms with Crippen LogP contribution in [0, 0.1) is 45.3 Å². The molecule has 0 radical (unpaired) electrons. The normalized spacial score (nSPS) is 21.2. The van der Waals surface area contributed by atoms with E-state index >= 15 is 0 Å². The van der Waals surface area contributed by atoms with Crippen molar-refractivity contribution < 1.29 is 19.0 Å². The van der Waals surface area contributed by atoms with Gasteiger partial charge in [0.2, 0.25) is 0 Å². The molecule has 1 aromatic carbocycles. The molecule has 9 heteroatoms.